The Balaban J connectivity index is 1.88. The van der Waals surface area contributed by atoms with Crippen molar-refractivity contribution >= 4 is 39.4 Å². The third-order valence-corrected chi connectivity index (χ3v) is 4.84. The number of imidazole rings is 1. The molecule has 0 amide bonds. The SMILES string of the molecule is Nc1nc2cccc(CC3CCOCC3)c2c2[nH]c(CCl)nc12. The molecule has 120 valence electrons. The van der Waals surface area contributed by atoms with Crippen LogP contribution in [0.4, 0.5) is 5.82 Å². The van der Waals surface area contributed by atoms with Gasteiger partial charge in [0.15, 0.2) is 5.82 Å². The summed E-state index contributed by atoms with van der Waals surface area (Å²) in [6.07, 6.45) is 3.24. The minimum atomic E-state index is 0.331. The number of H-pyrrole nitrogens is 1. The molecule has 3 N–H and O–H groups in total. The van der Waals surface area contributed by atoms with E-state index in [4.69, 9.17) is 22.1 Å². The summed E-state index contributed by atoms with van der Waals surface area (Å²) in [5.41, 5.74) is 9.93. The molecule has 0 saturated carbocycles. The number of anilines is 1. The largest absolute Gasteiger partial charge is 0.382 e. The van der Waals surface area contributed by atoms with E-state index in [1.165, 1.54) is 5.56 Å². The summed E-state index contributed by atoms with van der Waals surface area (Å²) < 4.78 is 5.47. The third-order valence-electron chi connectivity index (χ3n) is 4.59. The second-order valence-corrected chi connectivity index (χ2v) is 6.38. The number of nitrogens with two attached hydrogens (primary N) is 1. The summed E-state index contributed by atoms with van der Waals surface area (Å²) in [5, 5.41) is 1.12. The minimum absolute atomic E-state index is 0.331. The van der Waals surface area contributed by atoms with Crippen molar-refractivity contribution < 1.29 is 4.74 Å². The van der Waals surface area contributed by atoms with Crippen LogP contribution in [0, 0.1) is 5.92 Å². The van der Waals surface area contributed by atoms with Crippen molar-refractivity contribution in [3.05, 3.63) is 29.6 Å². The van der Waals surface area contributed by atoms with Crippen LogP contribution in [0.3, 0.4) is 0 Å². The van der Waals surface area contributed by atoms with Gasteiger partial charge in [-0.1, -0.05) is 12.1 Å². The predicted octanol–water partition coefficient (Wildman–Crippen LogP) is 3.40. The van der Waals surface area contributed by atoms with Gasteiger partial charge in [-0.2, -0.15) is 0 Å². The summed E-state index contributed by atoms with van der Waals surface area (Å²) in [7, 11) is 0. The quantitative estimate of drug-likeness (QED) is 0.721. The van der Waals surface area contributed by atoms with Gasteiger partial charge in [-0.3, -0.25) is 0 Å². The predicted molar refractivity (Wildman–Crippen MR) is 92.6 cm³/mol. The van der Waals surface area contributed by atoms with Crippen LogP contribution >= 0.6 is 11.6 Å². The molecule has 1 aromatic carbocycles. The van der Waals surface area contributed by atoms with Crippen LogP contribution in [0.15, 0.2) is 18.2 Å². The fraction of sp³-hybridized carbons (Fsp3) is 0.412. The van der Waals surface area contributed by atoms with Gasteiger partial charge in [0.1, 0.15) is 11.3 Å². The van der Waals surface area contributed by atoms with Crippen LogP contribution in [0.5, 0.6) is 0 Å². The number of alkyl halides is 1. The lowest BCUT2D eigenvalue weighted by Gasteiger charge is -2.22. The molecule has 23 heavy (non-hydrogen) atoms. The van der Waals surface area contributed by atoms with Crippen LogP contribution in [0.1, 0.15) is 24.2 Å². The highest BCUT2D eigenvalue weighted by atomic mass is 35.5. The molecule has 1 saturated heterocycles. The fourth-order valence-electron chi connectivity index (χ4n) is 3.43. The summed E-state index contributed by atoms with van der Waals surface area (Å²) in [6, 6.07) is 6.23. The number of benzene rings is 1. The van der Waals surface area contributed by atoms with Gasteiger partial charge in [0.25, 0.3) is 0 Å². The molecule has 1 fully saturated rings. The molecule has 3 aromatic rings. The van der Waals surface area contributed by atoms with Crippen LogP contribution in [-0.4, -0.2) is 28.2 Å². The average Bonchev–Trinajstić information content (AvgIpc) is 3.01. The molecule has 0 radical (unpaired) electrons. The van der Waals surface area contributed by atoms with Gasteiger partial charge in [-0.25, -0.2) is 9.97 Å². The first-order chi connectivity index (χ1) is 11.3. The monoisotopic (exact) mass is 330 g/mol. The lowest BCUT2D eigenvalue weighted by atomic mass is 9.90. The van der Waals surface area contributed by atoms with E-state index in [1.54, 1.807) is 0 Å². The van der Waals surface area contributed by atoms with Crippen LogP contribution in [0.25, 0.3) is 21.9 Å². The first kappa shape index (κ1) is 14.7. The maximum atomic E-state index is 6.07. The summed E-state index contributed by atoms with van der Waals surface area (Å²) in [5.74, 6) is 2.15. The Morgan fingerprint density at radius 3 is 2.87 bits per heavy atom. The van der Waals surface area contributed by atoms with Crippen LogP contribution in [-0.2, 0) is 17.0 Å². The highest BCUT2D eigenvalue weighted by Crippen LogP contribution is 2.31. The third kappa shape index (κ3) is 2.64. The highest BCUT2D eigenvalue weighted by Gasteiger charge is 2.18. The number of rotatable bonds is 3. The molecular weight excluding hydrogens is 312 g/mol. The molecule has 2 aromatic heterocycles. The molecule has 0 bridgehead atoms. The van der Waals surface area contributed by atoms with E-state index >= 15 is 0 Å². The van der Waals surface area contributed by atoms with E-state index in [1.807, 2.05) is 12.1 Å². The summed E-state index contributed by atoms with van der Waals surface area (Å²) >= 11 is 5.93. The number of ether oxygens (including phenoxy) is 1. The van der Waals surface area contributed by atoms with Crippen LogP contribution in [0.2, 0.25) is 0 Å². The summed E-state index contributed by atoms with van der Waals surface area (Å²) in [6.45, 7) is 1.72. The summed E-state index contributed by atoms with van der Waals surface area (Å²) in [4.78, 5) is 12.3. The number of nitrogens with one attached hydrogen (secondary N) is 1. The van der Waals surface area contributed by atoms with Crippen LogP contribution < -0.4 is 5.73 Å². The fourth-order valence-corrected chi connectivity index (χ4v) is 3.56. The Morgan fingerprint density at radius 2 is 2.09 bits per heavy atom. The molecule has 5 nitrogen and oxygen atoms in total. The van der Waals surface area contributed by atoms with Crippen molar-refractivity contribution in [2.75, 3.05) is 18.9 Å². The van der Waals surface area contributed by atoms with Gasteiger partial charge in [0.05, 0.1) is 16.9 Å². The molecule has 0 unspecified atom stereocenters. The second kappa shape index (κ2) is 5.98. The van der Waals surface area contributed by atoms with Crippen molar-refractivity contribution in [1.29, 1.82) is 0 Å². The van der Waals surface area contributed by atoms with Gasteiger partial charge < -0.3 is 15.5 Å². The molecule has 1 aliphatic heterocycles. The molecule has 4 rings (SSSR count). The molecule has 0 spiro atoms. The maximum absolute atomic E-state index is 6.07. The van der Waals surface area contributed by atoms with Gasteiger partial charge in [-0.05, 0) is 36.8 Å². The number of aromatic nitrogens is 3. The molecule has 0 atom stereocenters. The molecular formula is C17H19ClN4O. The second-order valence-electron chi connectivity index (χ2n) is 6.11. The zero-order chi connectivity index (χ0) is 15.8. The Morgan fingerprint density at radius 1 is 1.26 bits per heavy atom. The number of halogens is 1. The van der Waals surface area contributed by atoms with Gasteiger partial charge >= 0.3 is 0 Å². The number of fused-ring (bicyclic) bond motifs is 3. The molecule has 0 aliphatic carbocycles. The van der Waals surface area contributed by atoms with E-state index < -0.39 is 0 Å². The molecule has 3 heterocycles. The van der Waals surface area contributed by atoms with Crippen molar-refractivity contribution in [2.24, 2.45) is 5.92 Å². The van der Waals surface area contributed by atoms with Gasteiger partial charge in [0.2, 0.25) is 0 Å². The lowest BCUT2D eigenvalue weighted by Crippen LogP contribution is -2.17. The normalized spacial score (nSPS) is 16.4. The molecule has 6 heteroatoms. The average molecular weight is 331 g/mol. The van der Waals surface area contributed by atoms with Gasteiger partial charge in [0, 0.05) is 18.6 Å². The number of nitrogen functional groups attached to an aromatic ring is 1. The standard InChI is InChI=1S/C17H19ClN4O/c18-9-13-21-15-14-11(8-10-4-6-23-7-5-10)2-1-3-12(14)20-17(19)16(15)22-13/h1-3,10H,4-9H2,(H2,19,20)(H,21,22). The Hall–Kier alpha value is -1.85. The van der Waals surface area contributed by atoms with E-state index in [9.17, 15) is 0 Å². The number of hydrogen-bond donors (Lipinski definition) is 2. The van der Waals surface area contributed by atoms with E-state index in [2.05, 4.69) is 21.0 Å². The topological polar surface area (TPSA) is 76.8 Å². The van der Waals surface area contributed by atoms with Crippen molar-refractivity contribution in [1.82, 2.24) is 15.0 Å². The van der Waals surface area contributed by atoms with E-state index in [0.717, 1.165) is 54.7 Å². The maximum Gasteiger partial charge on any atom is 0.152 e. The Labute approximate surface area is 139 Å². The lowest BCUT2D eigenvalue weighted by molar-refractivity contribution is 0.0666. The number of pyridine rings is 1. The first-order valence-corrected chi connectivity index (χ1v) is 8.49. The van der Waals surface area contributed by atoms with E-state index in [-0.39, 0.29) is 0 Å². The van der Waals surface area contributed by atoms with Gasteiger partial charge in [-0.15, -0.1) is 11.6 Å². The van der Waals surface area contributed by atoms with E-state index in [0.29, 0.717) is 23.1 Å². The highest BCUT2D eigenvalue weighted by molar-refractivity contribution is 6.17. The van der Waals surface area contributed by atoms with Crippen molar-refractivity contribution in [3.63, 3.8) is 0 Å². The number of nitrogens with zero attached hydrogens (tertiary/aromatic N) is 2. The van der Waals surface area contributed by atoms with Crippen molar-refractivity contribution in [2.45, 2.75) is 25.1 Å². The number of aromatic amines is 1. The Kier molecular flexibility index (Phi) is 3.83. The zero-order valence-corrected chi connectivity index (χ0v) is 13.6. The van der Waals surface area contributed by atoms with Crippen molar-refractivity contribution in [3.8, 4) is 0 Å². The smallest absolute Gasteiger partial charge is 0.152 e. The first-order valence-electron chi connectivity index (χ1n) is 7.95. The number of hydrogen-bond acceptors (Lipinski definition) is 4. The molecule has 1 aliphatic rings. The minimum Gasteiger partial charge on any atom is -0.382 e. The zero-order valence-electron chi connectivity index (χ0n) is 12.8. The Bertz CT molecular complexity index is 855.